The van der Waals surface area contributed by atoms with Crippen LogP contribution in [-0.2, 0) is 0 Å². The first-order valence-electron chi connectivity index (χ1n) is 8.39. The number of benzene rings is 2. The van der Waals surface area contributed by atoms with Gasteiger partial charge in [0.1, 0.15) is 11.5 Å². The van der Waals surface area contributed by atoms with Gasteiger partial charge in [-0.15, -0.1) is 0 Å². The lowest BCUT2D eigenvalue weighted by molar-refractivity contribution is 0.0784. The van der Waals surface area contributed by atoms with Crippen molar-refractivity contribution in [3.8, 4) is 11.5 Å². The van der Waals surface area contributed by atoms with Crippen LogP contribution in [-0.4, -0.2) is 49.4 Å². The first-order chi connectivity index (χ1) is 11.6. The summed E-state index contributed by atoms with van der Waals surface area (Å²) < 4.78 is 5.83. The number of nitrogens with zero attached hydrogens (tertiary/aromatic N) is 2. The summed E-state index contributed by atoms with van der Waals surface area (Å²) in [4.78, 5) is 16.9. The quantitative estimate of drug-likeness (QED) is 0.844. The molecule has 4 heteroatoms. The normalized spacial score (nSPS) is 17.3. The Kier molecular flexibility index (Phi) is 5.16. The number of amides is 1. The van der Waals surface area contributed by atoms with Crippen LogP contribution >= 0.6 is 0 Å². The van der Waals surface area contributed by atoms with Gasteiger partial charge in [0.25, 0.3) is 5.91 Å². The Morgan fingerprint density at radius 1 is 1.12 bits per heavy atom. The van der Waals surface area contributed by atoms with Gasteiger partial charge in [0.05, 0.1) is 0 Å². The molecule has 0 aliphatic carbocycles. The summed E-state index contributed by atoms with van der Waals surface area (Å²) in [5.41, 5.74) is 0.689. The maximum Gasteiger partial charge on any atom is 0.253 e. The zero-order valence-electron chi connectivity index (χ0n) is 14.3. The summed E-state index contributed by atoms with van der Waals surface area (Å²) in [7, 11) is 4.16. The van der Waals surface area contributed by atoms with Gasteiger partial charge in [0.2, 0.25) is 0 Å². The molecule has 0 saturated carbocycles. The van der Waals surface area contributed by atoms with Crippen molar-refractivity contribution in [1.29, 1.82) is 0 Å². The smallest absolute Gasteiger partial charge is 0.253 e. The van der Waals surface area contributed by atoms with E-state index in [1.165, 1.54) is 0 Å². The maximum atomic E-state index is 12.7. The minimum Gasteiger partial charge on any atom is -0.457 e. The molecule has 1 aliphatic heterocycles. The number of carbonyl (C=O) groups is 1. The second-order valence-electron chi connectivity index (χ2n) is 6.61. The van der Waals surface area contributed by atoms with Crippen molar-refractivity contribution in [3.63, 3.8) is 0 Å². The lowest BCUT2D eigenvalue weighted by atomic mass is 10.1. The summed E-state index contributed by atoms with van der Waals surface area (Å²) in [5.74, 6) is 2.12. The Bertz CT molecular complexity index is 685. The van der Waals surface area contributed by atoms with Crippen molar-refractivity contribution < 1.29 is 9.53 Å². The highest BCUT2D eigenvalue weighted by Gasteiger charge is 2.27. The van der Waals surface area contributed by atoms with E-state index in [2.05, 4.69) is 19.0 Å². The summed E-state index contributed by atoms with van der Waals surface area (Å²) in [5, 5.41) is 0. The average molecular weight is 324 g/mol. The van der Waals surface area contributed by atoms with Gasteiger partial charge >= 0.3 is 0 Å². The Balaban J connectivity index is 1.66. The predicted octanol–water partition coefficient (Wildman–Crippen LogP) is 3.50. The van der Waals surface area contributed by atoms with E-state index in [1.807, 2.05) is 59.5 Å². The molecule has 0 aromatic heterocycles. The molecular formula is C20H24N2O2. The number of carbonyl (C=O) groups excluding carboxylic acids is 1. The van der Waals surface area contributed by atoms with E-state index in [-0.39, 0.29) is 5.91 Å². The molecule has 0 bridgehead atoms. The molecule has 1 aliphatic rings. The third kappa shape index (κ3) is 4.15. The molecule has 24 heavy (non-hydrogen) atoms. The van der Waals surface area contributed by atoms with Gasteiger partial charge in [-0.2, -0.15) is 0 Å². The van der Waals surface area contributed by atoms with Crippen molar-refractivity contribution in [3.05, 3.63) is 60.2 Å². The predicted molar refractivity (Wildman–Crippen MR) is 95.5 cm³/mol. The molecule has 0 N–H and O–H groups in total. The van der Waals surface area contributed by atoms with E-state index >= 15 is 0 Å². The number of rotatable bonds is 5. The minimum atomic E-state index is 0.0924. The molecule has 1 amide bonds. The first kappa shape index (κ1) is 16.5. The van der Waals surface area contributed by atoms with Gasteiger partial charge in [0, 0.05) is 25.2 Å². The monoisotopic (exact) mass is 324 g/mol. The largest absolute Gasteiger partial charge is 0.457 e. The summed E-state index contributed by atoms with van der Waals surface area (Å²) in [6, 6.07) is 17.1. The topological polar surface area (TPSA) is 32.8 Å². The molecule has 0 unspecified atom stereocenters. The second kappa shape index (κ2) is 7.49. The van der Waals surface area contributed by atoms with Crippen LogP contribution in [0.5, 0.6) is 11.5 Å². The van der Waals surface area contributed by atoms with Crippen molar-refractivity contribution >= 4 is 5.91 Å². The van der Waals surface area contributed by atoms with Crippen LogP contribution in [0.25, 0.3) is 0 Å². The number of likely N-dealkylation sites (tertiary alicyclic amines) is 1. The van der Waals surface area contributed by atoms with Crippen LogP contribution in [0.4, 0.5) is 0 Å². The van der Waals surface area contributed by atoms with Crippen LogP contribution in [0.3, 0.4) is 0 Å². The lowest BCUT2D eigenvalue weighted by Crippen LogP contribution is -2.30. The third-order valence-corrected chi connectivity index (χ3v) is 4.26. The van der Waals surface area contributed by atoms with Crippen LogP contribution in [0.1, 0.15) is 16.8 Å². The Morgan fingerprint density at radius 3 is 2.62 bits per heavy atom. The molecule has 4 nitrogen and oxygen atoms in total. The number of hydrogen-bond donors (Lipinski definition) is 0. The van der Waals surface area contributed by atoms with E-state index in [1.54, 1.807) is 0 Å². The van der Waals surface area contributed by atoms with Crippen molar-refractivity contribution in [2.75, 3.05) is 33.7 Å². The Morgan fingerprint density at radius 2 is 1.88 bits per heavy atom. The van der Waals surface area contributed by atoms with Crippen LogP contribution in [0.15, 0.2) is 54.6 Å². The molecule has 0 radical (unpaired) electrons. The second-order valence-corrected chi connectivity index (χ2v) is 6.61. The molecule has 0 spiro atoms. The van der Waals surface area contributed by atoms with E-state index in [9.17, 15) is 4.79 Å². The fourth-order valence-electron chi connectivity index (χ4n) is 3.18. The maximum absolute atomic E-state index is 12.7. The van der Waals surface area contributed by atoms with Crippen LogP contribution in [0.2, 0.25) is 0 Å². The molecular weight excluding hydrogens is 300 g/mol. The summed E-state index contributed by atoms with van der Waals surface area (Å²) in [6.45, 7) is 2.70. The Labute approximate surface area is 143 Å². The van der Waals surface area contributed by atoms with Gasteiger partial charge in [-0.25, -0.2) is 0 Å². The van der Waals surface area contributed by atoms with Crippen molar-refractivity contribution in [2.45, 2.75) is 6.42 Å². The first-order valence-corrected chi connectivity index (χ1v) is 8.39. The van der Waals surface area contributed by atoms with E-state index < -0.39 is 0 Å². The molecule has 2 aromatic rings. The SMILES string of the molecule is CN(C)C[C@H]1CCN(C(=O)c2cccc(Oc3ccccc3)c2)C1. The van der Waals surface area contributed by atoms with Gasteiger partial charge in [-0.3, -0.25) is 4.79 Å². The van der Waals surface area contributed by atoms with Gasteiger partial charge in [-0.1, -0.05) is 24.3 Å². The zero-order chi connectivity index (χ0) is 16.9. The van der Waals surface area contributed by atoms with E-state index in [4.69, 9.17) is 4.74 Å². The van der Waals surface area contributed by atoms with E-state index in [0.717, 1.165) is 31.8 Å². The van der Waals surface area contributed by atoms with Gasteiger partial charge in [0.15, 0.2) is 0 Å². The standard InChI is InChI=1S/C20H24N2O2/c1-21(2)14-16-11-12-22(15-16)20(23)17-7-6-10-19(13-17)24-18-8-4-3-5-9-18/h3-10,13,16H,11-12,14-15H2,1-2H3/t16-/m1/s1. The van der Waals surface area contributed by atoms with Crippen LogP contribution < -0.4 is 4.74 Å². The number of para-hydroxylation sites is 1. The molecule has 1 atom stereocenters. The van der Waals surface area contributed by atoms with Gasteiger partial charge in [-0.05, 0) is 56.8 Å². The zero-order valence-corrected chi connectivity index (χ0v) is 14.3. The fraction of sp³-hybridized carbons (Fsp3) is 0.350. The molecule has 1 heterocycles. The highest BCUT2D eigenvalue weighted by atomic mass is 16.5. The van der Waals surface area contributed by atoms with Gasteiger partial charge < -0.3 is 14.5 Å². The summed E-state index contributed by atoms with van der Waals surface area (Å²) >= 11 is 0. The van der Waals surface area contributed by atoms with E-state index in [0.29, 0.717) is 17.2 Å². The van der Waals surface area contributed by atoms with Crippen LogP contribution in [0, 0.1) is 5.92 Å². The molecule has 126 valence electrons. The molecule has 1 saturated heterocycles. The highest BCUT2D eigenvalue weighted by molar-refractivity contribution is 5.94. The fourth-order valence-corrected chi connectivity index (χ4v) is 3.18. The molecule has 1 fully saturated rings. The minimum absolute atomic E-state index is 0.0924. The highest BCUT2D eigenvalue weighted by Crippen LogP contribution is 2.24. The Hall–Kier alpha value is -2.33. The number of hydrogen-bond acceptors (Lipinski definition) is 3. The third-order valence-electron chi connectivity index (χ3n) is 4.26. The average Bonchev–Trinajstić information content (AvgIpc) is 3.03. The molecule has 3 rings (SSSR count). The summed E-state index contributed by atoms with van der Waals surface area (Å²) in [6.07, 6.45) is 1.07. The number of ether oxygens (including phenoxy) is 1. The van der Waals surface area contributed by atoms with Crippen molar-refractivity contribution in [1.82, 2.24) is 9.80 Å². The van der Waals surface area contributed by atoms with Crippen molar-refractivity contribution in [2.24, 2.45) is 5.92 Å². The lowest BCUT2D eigenvalue weighted by Gasteiger charge is -2.19. The molecule has 2 aromatic carbocycles.